The van der Waals surface area contributed by atoms with Crippen molar-refractivity contribution >= 4 is 5.82 Å². The van der Waals surface area contributed by atoms with Gasteiger partial charge in [0.25, 0.3) is 0 Å². The third kappa shape index (κ3) is 2.20. The Labute approximate surface area is 108 Å². The second-order valence-corrected chi connectivity index (χ2v) is 5.26. The molecule has 0 aromatic carbocycles. The minimum Gasteiger partial charge on any atom is -0.353 e. The Bertz CT molecular complexity index is 421. The van der Waals surface area contributed by atoms with E-state index in [1.54, 1.807) is 0 Å². The molecule has 0 bridgehead atoms. The molecule has 18 heavy (non-hydrogen) atoms. The number of aryl methyl sites for hydroxylation is 2. The molecular formula is C13H21N5. The third-order valence-corrected chi connectivity index (χ3v) is 3.94. The Hall–Kier alpha value is -1.20. The van der Waals surface area contributed by atoms with E-state index in [2.05, 4.69) is 25.1 Å². The number of hydrogen-bond acceptors (Lipinski definition) is 5. The van der Waals surface area contributed by atoms with Crippen LogP contribution in [-0.4, -0.2) is 60.2 Å². The van der Waals surface area contributed by atoms with Gasteiger partial charge in [-0.15, -0.1) is 0 Å². The molecule has 2 aliphatic heterocycles. The minimum absolute atomic E-state index is 0.761. The average molecular weight is 247 g/mol. The van der Waals surface area contributed by atoms with Gasteiger partial charge in [-0.2, -0.15) is 0 Å². The summed E-state index contributed by atoms with van der Waals surface area (Å²) in [5.41, 5.74) is 2.04. The van der Waals surface area contributed by atoms with Gasteiger partial charge in [-0.25, -0.2) is 4.98 Å². The Morgan fingerprint density at radius 2 is 1.89 bits per heavy atom. The van der Waals surface area contributed by atoms with Crippen LogP contribution in [0.25, 0.3) is 0 Å². The summed E-state index contributed by atoms with van der Waals surface area (Å²) < 4.78 is 0. The van der Waals surface area contributed by atoms with Crippen LogP contribution in [0.3, 0.4) is 0 Å². The second-order valence-electron chi connectivity index (χ2n) is 5.26. The maximum Gasteiger partial charge on any atom is 0.150 e. The number of piperazine rings is 1. The lowest BCUT2D eigenvalue weighted by Gasteiger charge is -2.43. The summed E-state index contributed by atoms with van der Waals surface area (Å²) in [5, 5.41) is 3.34. The van der Waals surface area contributed by atoms with E-state index in [9.17, 15) is 0 Å². The van der Waals surface area contributed by atoms with Gasteiger partial charge in [0.1, 0.15) is 5.82 Å². The van der Waals surface area contributed by atoms with E-state index in [4.69, 9.17) is 0 Å². The maximum atomic E-state index is 4.63. The van der Waals surface area contributed by atoms with E-state index in [-0.39, 0.29) is 0 Å². The molecule has 5 nitrogen and oxygen atoms in total. The molecule has 2 aliphatic rings. The molecule has 3 heterocycles. The van der Waals surface area contributed by atoms with Gasteiger partial charge in [0.05, 0.1) is 11.4 Å². The number of nitrogens with zero attached hydrogens (tertiary/aromatic N) is 4. The van der Waals surface area contributed by atoms with E-state index < -0.39 is 0 Å². The van der Waals surface area contributed by atoms with Gasteiger partial charge in [0.15, 0.2) is 0 Å². The van der Waals surface area contributed by atoms with Crippen molar-refractivity contribution in [3.63, 3.8) is 0 Å². The highest BCUT2D eigenvalue weighted by Crippen LogP contribution is 2.18. The van der Waals surface area contributed by atoms with Gasteiger partial charge in [-0.3, -0.25) is 9.88 Å². The maximum absolute atomic E-state index is 4.63. The lowest BCUT2D eigenvalue weighted by Crippen LogP contribution is -2.61. The molecular weight excluding hydrogens is 226 g/mol. The fraction of sp³-hybridized carbons (Fsp3) is 0.692. The summed E-state index contributed by atoms with van der Waals surface area (Å²) in [6, 6.07) is 0.761. The Balaban J connectivity index is 1.66. The molecule has 1 aromatic heterocycles. The molecule has 0 radical (unpaired) electrons. The van der Waals surface area contributed by atoms with Gasteiger partial charge in [-0.05, 0) is 13.8 Å². The molecule has 0 atom stereocenters. The van der Waals surface area contributed by atoms with Gasteiger partial charge < -0.3 is 10.2 Å². The van der Waals surface area contributed by atoms with E-state index in [1.807, 2.05) is 20.0 Å². The smallest absolute Gasteiger partial charge is 0.150 e. The van der Waals surface area contributed by atoms with Crippen LogP contribution >= 0.6 is 0 Å². The van der Waals surface area contributed by atoms with Crippen LogP contribution in [0.15, 0.2) is 6.20 Å². The SMILES string of the molecule is Cc1cnc(C)c(N2CCN(C3CNC3)CC2)n1. The number of rotatable bonds is 2. The van der Waals surface area contributed by atoms with Gasteiger partial charge >= 0.3 is 0 Å². The largest absolute Gasteiger partial charge is 0.353 e. The summed E-state index contributed by atoms with van der Waals surface area (Å²) in [6.45, 7) is 10.8. The zero-order valence-corrected chi connectivity index (χ0v) is 11.2. The van der Waals surface area contributed by atoms with Crippen LogP contribution in [-0.2, 0) is 0 Å². The second kappa shape index (κ2) is 4.82. The van der Waals surface area contributed by atoms with E-state index in [0.29, 0.717) is 0 Å². The predicted octanol–water partition coefficient (Wildman–Crippen LogP) is 0.187. The summed E-state index contributed by atoms with van der Waals surface area (Å²) in [7, 11) is 0. The quantitative estimate of drug-likeness (QED) is 0.808. The van der Waals surface area contributed by atoms with Crippen LogP contribution in [0, 0.1) is 13.8 Å². The van der Waals surface area contributed by atoms with Crippen molar-refractivity contribution in [1.82, 2.24) is 20.2 Å². The Morgan fingerprint density at radius 1 is 1.17 bits per heavy atom. The van der Waals surface area contributed by atoms with Gasteiger partial charge in [-0.1, -0.05) is 0 Å². The number of aromatic nitrogens is 2. The normalized spacial score (nSPS) is 22.0. The molecule has 1 aromatic rings. The van der Waals surface area contributed by atoms with Crippen molar-refractivity contribution in [1.29, 1.82) is 0 Å². The first kappa shape index (κ1) is 11.9. The van der Waals surface area contributed by atoms with E-state index >= 15 is 0 Å². The fourth-order valence-corrected chi connectivity index (χ4v) is 2.65. The minimum atomic E-state index is 0.761. The highest BCUT2D eigenvalue weighted by molar-refractivity contribution is 5.43. The van der Waals surface area contributed by atoms with Crippen molar-refractivity contribution < 1.29 is 0 Å². The van der Waals surface area contributed by atoms with Gasteiger partial charge in [0.2, 0.25) is 0 Å². The van der Waals surface area contributed by atoms with Crippen LogP contribution in [0.5, 0.6) is 0 Å². The summed E-state index contributed by atoms with van der Waals surface area (Å²) in [5.74, 6) is 1.07. The molecule has 0 unspecified atom stereocenters. The average Bonchev–Trinajstić information content (AvgIpc) is 2.31. The van der Waals surface area contributed by atoms with Crippen LogP contribution in [0.1, 0.15) is 11.4 Å². The van der Waals surface area contributed by atoms with Gasteiger partial charge in [0, 0.05) is 51.5 Å². The first-order valence-electron chi connectivity index (χ1n) is 6.74. The van der Waals surface area contributed by atoms with E-state index in [0.717, 1.165) is 62.5 Å². The molecule has 3 rings (SSSR count). The summed E-state index contributed by atoms with van der Waals surface area (Å²) >= 11 is 0. The zero-order chi connectivity index (χ0) is 12.5. The monoisotopic (exact) mass is 247 g/mol. The van der Waals surface area contributed by atoms with Crippen molar-refractivity contribution in [2.75, 3.05) is 44.2 Å². The third-order valence-electron chi connectivity index (χ3n) is 3.94. The summed E-state index contributed by atoms with van der Waals surface area (Å²) in [6.07, 6.45) is 1.84. The number of hydrogen-bond donors (Lipinski definition) is 1. The van der Waals surface area contributed by atoms with Crippen molar-refractivity contribution in [3.8, 4) is 0 Å². The summed E-state index contributed by atoms with van der Waals surface area (Å²) in [4.78, 5) is 14.0. The molecule has 2 saturated heterocycles. The zero-order valence-electron chi connectivity index (χ0n) is 11.2. The molecule has 0 spiro atoms. The highest BCUT2D eigenvalue weighted by Gasteiger charge is 2.28. The molecule has 1 N–H and O–H groups in total. The number of anilines is 1. The lowest BCUT2D eigenvalue weighted by atomic mass is 10.1. The number of nitrogens with one attached hydrogen (secondary N) is 1. The van der Waals surface area contributed by atoms with Crippen LogP contribution in [0.4, 0.5) is 5.82 Å². The lowest BCUT2D eigenvalue weighted by molar-refractivity contribution is 0.137. The Kier molecular flexibility index (Phi) is 3.18. The fourth-order valence-electron chi connectivity index (χ4n) is 2.65. The Morgan fingerprint density at radius 3 is 2.50 bits per heavy atom. The van der Waals surface area contributed by atoms with Crippen molar-refractivity contribution in [2.45, 2.75) is 19.9 Å². The van der Waals surface area contributed by atoms with Crippen LogP contribution < -0.4 is 10.2 Å². The van der Waals surface area contributed by atoms with Crippen LogP contribution in [0.2, 0.25) is 0 Å². The molecule has 98 valence electrons. The molecule has 0 amide bonds. The highest BCUT2D eigenvalue weighted by atomic mass is 15.3. The first-order chi connectivity index (χ1) is 8.74. The first-order valence-corrected chi connectivity index (χ1v) is 6.74. The molecule has 0 aliphatic carbocycles. The van der Waals surface area contributed by atoms with E-state index in [1.165, 1.54) is 0 Å². The standard InChI is InChI=1S/C13H21N5/c1-10-7-15-11(2)13(16-10)18-5-3-17(4-6-18)12-8-14-9-12/h7,12,14H,3-6,8-9H2,1-2H3. The molecule has 5 heteroatoms. The van der Waals surface area contributed by atoms with Crippen molar-refractivity contribution in [3.05, 3.63) is 17.6 Å². The molecule has 0 saturated carbocycles. The molecule has 2 fully saturated rings. The topological polar surface area (TPSA) is 44.3 Å². The predicted molar refractivity (Wildman–Crippen MR) is 71.9 cm³/mol. The van der Waals surface area contributed by atoms with Crippen molar-refractivity contribution in [2.24, 2.45) is 0 Å².